The highest BCUT2D eigenvalue weighted by atomic mass is 32.2. The van der Waals surface area contributed by atoms with E-state index in [2.05, 4.69) is 38.3 Å². The maximum absolute atomic E-state index is 11.6. The maximum atomic E-state index is 11.6. The lowest BCUT2D eigenvalue weighted by molar-refractivity contribution is 0.0125. The second-order valence-corrected chi connectivity index (χ2v) is 5.14. The molecule has 0 amide bonds. The Kier molecular flexibility index (Phi) is 6.14. The molecule has 1 aromatic rings. The van der Waals surface area contributed by atoms with E-state index in [1.165, 1.54) is 0 Å². The van der Waals surface area contributed by atoms with Gasteiger partial charge in [0.05, 0.1) is 4.90 Å². The van der Waals surface area contributed by atoms with Gasteiger partial charge < -0.3 is 0 Å². The second kappa shape index (κ2) is 6.55. The van der Waals surface area contributed by atoms with Crippen molar-refractivity contribution in [2.75, 3.05) is 0 Å². The monoisotopic (exact) mass is 244 g/mol. The summed E-state index contributed by atoms with van der Waals surface area (Å²) in [7, 11) is 0. The fraction of sp³-hybridized carbons (Fsp3) is 0.333. The summed E-state index contributed by atoms with van der Waals surface area (Å²) in [6.07, 6.45) is 0. The van der Waals surface area contributed by atoms with Crippen LogP contribution in [0.5, 0.6) is 0 Å². The maximum Gasteiger partial charge on any atom is 0.225 e. The average Bonchev–Trinajstić information content (AvgIpc) is 2.30. The summed E-state index contributed by atoms with van der Waals surface area (Å²) in [4.78, 5) is 0.334. The van der Waals surface area contributed by atoms with Crippen molar-refractivity contribution in [3.05, 3.63) is 43.0 Å². The zero-order chi connectivity index (χ0) is 12.8. The topological polar surface area (TPSA) is 26.3 Å². The van der Waals surface area contributed by atoms with Crippen molar-refractivity contribution >= 4 is 11.1 Å². The van der Waals surface area contributed by atoms with Gasteiger partial charge in [0.2, 0.25) is 11.1 Å². The van der Waals surface area contributed by atoms with E-state index in [1.807, 2.05) is 12.1 Å². The quantitative estimate of drug-likeness (QED) is 0.741. The van der Waals surface area contributed by atoms with Gasteiger partial charge in [-0.2, -0.15) is 0 Å². The van der Waals surface area contributed by atoms with E-state index in [0.29, 0.717) is 4.90 Å². The SMILES string of the molecule is C=C.CC(C)(C)c1ccc(S(=O)OF)cc1. The molecular formula is C12H17FO2S. The number of benzene rings is 1. The molecule has 0 aliphatic carbocycles. The Hall–Kier alpha value is -1.00. The van der Waals surface area contributed by atoms with E-state index in [4.69, 9.17) is 0 Å². The van der Waals surface area contributed by atoms with E-state index in [0.717, 1.165) is 5.56 Å². The Bertz CT molecular complexity index is 341. The molecule has 90 valence electrons. The molecule has 0 aliphatic rings. The van der Waals surface area contributed by atoms with Gasteiger partial charge in [-0.1, -0.05) is 37.3 Å². The summed E-state index contributed by atoms with van der Waals surface area (Å²) in [5.41, 5.74) is 1.15. The van der Waals surface area contributed by atoms with Crippen LogP contribution in [0.4, 0.5) is 4.53 Å². The lowest BCUT2D eigenvalue weighted by Crippen LogP contribution is -2.10. The molecule has 0 N–H and O–H groups in total. The summed E-state index contributed by atoms with van der Waals surface area (Å²) in [5, 5.41) is 0. The van der Waals surface area contributed by atoms with Crippen LogP contribution in [0.15, 0.2) is 42.3 Å². The van der Waals surface area contributed by atoms with Crippen molar-refractivity contribution in [1.82, 2.24) is 0 Å². The first kappa shape index (κ1) is 15.0. The molecule has 0 aliphatic heterocycles. The lowest BCUT2D eigenvalue weighted by Gasteiger charge is -2.18. The Morgan fingerprint density at radius 1 is 1.19 bits per heavy atom. The van der Waals surface area contributed by atoms with Crippen molar-refractivity contribution < 1.29 is 13.1 Å². The van der Waals surface area contributed by atoms with Crippen LogP contribution in [0.25, 0.3) is 0 Å². The normalized spacial score (nSPS) is 12.5. The predicted octanol–water partition coefficient (Wildman–Crippen LogP) is 3.71. The van der Waals surface area contributed by atoms with Gasteiger partial charge in [-0.05, 0) is 27.6 Å². The first-order valence-corrected chi connectivity index (χ1v) is 5.84. The molecule has 1 atom stereocenters. The highest BCUT2D eigenvalue weighted by molar-refractivity contribution is 7.80. The first-order valence-electron chi connectivity index (χ1n) is 4.76. The zero-order valence-corrected chi connectivity index (χ0v) is 10.6. The fourth-order valence-corrected chi connectivity index (χ4v) is 1.53. The number of halogens is 1. The molecule has 0 bridgehead atoms. The van der Waals surface area contributed by atoms with Gasteiger partial charge in [-0.25, -0.2) is 4.21 Å². The second-order valence-electron chi connectivity index (χ2n) is 4.07. The van der Waals surface area contributed by atoms with Gasteiger partial charge in [-0.3, -0.25) is 0 Å². The van der Waals surface area contributed by atoms with Crippen LogP contribution in [0, 0.1) is 0 Å². The molecule has 0 aromatic heterocycles. The summed E-state index contributed by atoms with van der Waals surface area (Å²) in [6, 6.07) is 6.87. The van der Waals surface area contributed by atoms with Crippen LogP contribution in [-0.2, 0) is 20.9 Å². The minimum atomic E-state index is -1.99. The number of hydrogen-bond acceptors (Lipinski definition) is 2. The molecule has 0 saturated heterocycles. The van der Waals surface area contributed by atoms with E-state index in [1.54, 1.807) is 12.1 Å². The summed E-state index contributed by atoms with van der Waals surface area (Å²) in [6.45, 7) is 12.2. The van der Waals surface area contributed by atoms with Crippen LogP contribution in [0.3, 0.4) is 0 Å². The molecule has 1 aromatic carbocycles. The van der Waals surface area contributed by atoms with Crippen LogP contribution < -0.4 is 0 Å². The summed E-state index contributed by atoms with van der Waals surface area (Å²) in [5.74, 6) is 0. The van der Waals surface area contributed by atoms with Crippen molar-refractivity contribution in [2.24, 2.45) is 0 Å². The van der Waals surface area contributed by atoms with Crippen molar-refractivity contribution in [3.63, 3.8) is 0 Å². The molecule has 1 rings (SSSR count). The Labute approximate surface area is 98.7 Å². The molecule has 2 nitrogen and oxygen atoms in total. The van der Waals surface area contributed by atoms with Gasteiger partial charge >= 0.3 is 0 Å². The van der Waals surface area contributed by atoms with E-state index in [-0.39, 0.29) is 5.41 Å². The number of rotatable bonds is 2. The Morgan fingerprint density at radius 2 is 1.62 bits per heavy atom. The smallest absolute Gasteiger partial charge is 0.221 e. The third kappa shape index (κ3) is 4.24. The highest BCUT2D eigenvalue weighted by Crippen LogP contribution is 2.23. The molecule has 16 heavy (non-hydrogen) atoms. The zero-order valence-electron chi connectivity index (χ0n) is 9.83. The third-order valence-electron chi connectivity index (χ3n) is 1.97. The van der Waals surface area contributed by atoms with Gasteiger partial charge in [0, 0.05) is 0 Å². The van der Waals surface area contributed by atoms with Crippen LogP contribution in [-0.4, -0.2) is 4.21 Å². The van der Waals surface area contributed by atoms with Crippen molar-refractivity contribution in [3.8, 4) is 0 Å². The first-order chi connectivity index (χ1) is 7.45. The molecule has 1 unspecified atom stereocenters. The van der Waals surface area contributed by atoms with Gasteiger partial charge in [0.25, 0.3) is 0 Å². The van der Waals surface area contributed by atoms with Gasteiger partial charge in [0.15, 0.2) is 0 Å². The molecule has 0 spiro atoms. The fourth-order valence-electron chi connectivity index (χ4n) is 1.10. The predicted molar refractivity (Wildman–Crippen MR) is 65.0 cm³/mol. The van der Waals surface area contributed by atoms with E-state index in [9.17, 15) is 8.74 Å². The summed E-state index contributed by atoms with van der Waals surface area (Å²) >= 11 is -1.99. The standard InChI is InChI=1S/C10H13FO2S.C2H4/c1-10(2,3)8-4-6-9(7-5-8)14(12)13-11;1-2/h4-7H,1-3H3;1-2H2. The molecule has 0 saturated carbocycles. The Morgan fingerprint density at radius 3 is 1.94 bits per heavy atom. The molecule has 0 heterocycles. The highest BCUT2D eigenvalue weighted by Gasteiger charge is 2.14. The van der Waals surface area contributed by atoms with Crippen LogP contribution in [0.2, 0.25) is 0 Å². The Balaban J connectivity index is 0.00000106. The van der Waals surface area contributed by atoms with Crippen LogP contribution in [0.1, 0.15) is 26.3 Å². The average molecular weight is 244 g/mol. The minimum absolute atomic E-state index is 0.0383. The number of hydrogen-bond donors (Lipinski definition) is 0. The van der Waals surface area contributed by atoms with Gasteiger partial charge in [0.1, 0.15) is 0 Å². The largest absolute Gasteiger partial charge is 0.225 e. The van der Waals surface area contributed by atoms with E-state index >= 15 is 0 Å². The summed E-state index contributed by atoms with van der Waals surface area (Å²) < 4.78 is 25.7. The lowest BCUT2D eigenvalue weighted by atomic mass is 9.87. The molecular weight excluding hydrogens is 227 g/mol. The van der Waals surface area contributed by atoms with Gasteiger partial charge in [-0.15, -0.1) is 13.2 Å². The third-order valence-corrected chi connectivity index (χ3v) is 2.74. The minimum Gasteiger partial charge on any atom is -0.221 e. The molecule has 0 radical (unpaired) electrons. The van der Waals surface area contributed by atoms with Crippen LogP contribution >= 0.6 is 0 Å². The molecule has 0 fully saturated rings. The van der Waals surface area contributed by atoms with Crippen molar-refractivity contribution in [2.45, 2.75) is 31.1 Å². The van der Waals surface area contributed by atoms with Crippen molar-refractivity contribution in [1.29, 1.82) is 0 Å². The van der Waals surface area contributed by atoms with E-state index < -0.39 is 11.1 Å². The molecule has 4 heteroatoms.